The van der Waals surface area contributed by atoms with E-state index in [1.807, 2.05) is 64.1 Å². The van der Waals surface area contributed by atoms with E-state index in [0.717, 1.165) is 62.8 Å². The van der Waals surface area contributed by atoms with Crippen molar-refractivity contribution in [3.8, 4) is 0 Å². The standard InChI is InChI=1S/C28H33N3O3/c1-2-3-19-31(22-13-7-6-8-14-22)28(34)27(33)24-20-30(25-16-10-9-15-23(24)25)21-26(32)29-17-11-4-5-12-18-29/h6-10,13-16,20H,2-5,11-12,17-19,21H2,1H3. The van der Waals surface area contributed by atoms with Gasteiger partial charge in [-0.05, 0) is 37.5 Å². The molecule has 1 aromatic heterocycles. The molecular formula is C28H33N3O3. The van der Waals surface area contributed by atoms with Crippen LogP contribution in [0.25, 0.3) is 10.9 Å². The molecule has 34 heavy (non-hydrogen) atoms. The predicted molar refractivity (Wildman–Crippen MR) is 135 cm³/mol. The van der Waals surface area contributed by atoms with Crippen molar-refractivity contribution >= 4 is 34.2 Å². The van der Waals surface area contributed by atoms with Crippen LogP contribution in [0.1, 0.15) is 55.8 Å². The lowest BCUT2D eigenvalue weighted by atomic mass is 10.1. The van der Waals surface area contributed by atoms with Gasteiger partial charge in [-0.2, -0.15) is 0 Å². The number of nitrogens with zero attached hydrogens (tertiary/aromatic N) is 3. The molecule has 1 saturated heterocycles. The van der Waals surface area contributed by atoms with Gasteiger partial charge in [0.05, 0.1) is 5.56 Å². The van der Waals surface area contributed by atoms with Crippen LogP contribution in [0, 0.1) is 0 Å². The molecule has 0 N–H and O–H groups in total. The first-order valence-corrected chi connectivity index (χ1v) is 12.4. The van der Waals surface area contributed by atoms with Gasteiger partial charge in [-0.15, -0.1) is 0 Å². The van der Waals surface area contributed by atoms with E-state index in [1.165, 1.54) is 0 Å². The molecule has 1 aliphatic heterocycles. The van der Waals surface area contributed by atoms with E-state index in [2.05, 4.69) is 6.92 Å². The quantitative estimate of drug-likeness (QED) is 0.349. The first-order chi connectivity index (χ1) is 16.6. The first-order valence-electron chi connectivity index (χ1n) is 12.4. The lowest BCUT2D eigenvalue weighted by Crippen LogP contribution is -2.37. The van der Waals surface area contributed by atoms with Crippen molar-refractivity contribution in [2.45, 2.75) is 52.0 Å². The Hall–Kier alpha value is -3.41. The van der Waals surface area contributed by atoms with Crippen LogP contribution in [0.15, 0.2) is 60.8 Å². The molecule has 0 unspecified atom stereocenters. The van der Waals surface area contributed by atoms with Crippen LogP contribution in [0.5, 0.6) is 0 Å². The molecule has 1 aliphatic rings. The number of hydrogen-bond donors (Lipinski definition) is 0. The van der Waals surface area contributed by atoms with Crippen molar-refractivity contribution in [2.24, 2.45) is 0 Å². The zero-order valence-electron chi connectivity index (χ0n) is 19.9. The maximum atomic E-state index is 13.5. The van der Waals surface area contributed by atoms with Gasteiger partial charge in [0, 0.05) is 42.4 Å². The number of amides is 2. The van der Waals surface area contributed by atoms with Crippen LogP contribution in [0.3, 0.4) is 0 Å². The van der Waals surface area contributed by atoms with Crippen molar-refractivity contribution in [3.05, 3.63) is 66.4 Å². The van der Waals surface area contributed by atoms with Gasteiger partial charge in [0.25, 0.3) is 11.7 Å². The number of aromatic nitrogens is 1. The summed E-state index contributed by atoms with van der Waals surface area (Å²) in [5.74, 6) is -1.03. The molecule has 0 aliphatic carbocycles. The van der Waals surface area contributed by atoms with Crippen LogP contribution in [0.4, 0.5) is 5.69 Å². The van der Waals surface area contributed by atoms with Gasteiger partial charge in [0.15, 0.2) is 0 Å². The molecule has 0 spiro atoms. The number of Topliss-reactive ketones (excluding diaryl/α,β-unsaturated/α-hetero) is 1. The molecule has 2 amide bonds. The Balaban J connectivity index is 1.62. The van der Waals surface area contributed by atoms with E-state index in [9.17, 15) is 14.4 Å². The highest BCUT2D eigenvalue weighted by atomic mass is 16.2. The van der Waals surface area contributed by atoms with E-state index < -0.39 is 11.7 Å². The molecule has 2 aromatic carbocycles. The van der Waals surface area contributed by atoms with Gasteiger partial charge in [-0.25, -0.2) is 0 Å². The van der Waals surface area contributed by atoms with Gasteiger partial charge in [0.1, 0.15) is 6.54 Å². The van der Waals surface area contributed by atoms with Gasteiger partial charge < -0.3 is 14.4 Å². The molecular weight excluding hydrogens is 426 g/mol. The highest BCUT2D eigenvalue weighted by Gasteiger charge is 2.28. The van der Waals surface area contributed by atoms with Crippen molar-refractivity contribution in [3.63, 3.8) is 0 Å². The second-order valence-electron chi connectivity index (χ2n) is 8.96. The monoisotopic (exact) mass is 459 g/mol. The number of unbranched alkanes of at least 4 members (excludes halogenated alkanes) is 1. The number of likely N-dealkylation sites (tertiary alicyclic amines) is 1. The number of anilines is 1. The molecule has 6 nitrogen and oxygen atoms in total. The third-order valence-corrected chi connectivity index (χ3v) is 6.54. The largest absolute Gasteiger partial charge is 0.341 e. The topological polar surface area (TPSA) is 62.6 Å². The molecule has 2 heterocycles. The number of benzene rings is 2. The summed E-state index contributed by atoms with van der Waals surface area (Å²) in [4.78, 5) is 43.4. The minimum atomic E-state index is -0.544. The Bertz CT molecular complexity index is 1140. The molecule has 4 rings (SSSR count). The third-order valence-electron chi connectivity index (χ3n) is 6.54. The Labute approximate surface area is 201 Å². The minimum Gasteiger partial charge on any atom is -0.341 e. The maximum absolute atomic E-state index is 13.5. The number of ketones is 1. The predicted octanol–water partition coefficient (Wildman–Crippen LogP) is 5.06. The first kappa shape index (κ1) is 23.7. The SMILES string of the molecule is CCCCN(C(=O)C(=O)c1cn(CC(=O)N2CCCCCC2)c2ccccc12)c1ccccc1. The van der Waals surface area contributed by atoms with Crippen LogP contribution < -0.4 is 4.90 Å². The van der Waals surface area contributed by atoms with E-state index in [4.69, 9.17) is 0 Å². The summed E-state index contributed by atoms with van der Waals surface area (Å²) < 4.78 is 1.82. The van der Waals surface area contributed by atoms with Crippen molar-refractivity contribution in [1.29, 1.82) is 0 Å². The number of carbonyl (C=O) groups is 3. The van der Waals surface area contributed by atoms with Crippen LogP contribution in [-0.2, 0) is 16.1 Å². The summed E-state index contributed by atoms with van der Waals surface area (Å²) in [6.45, 7) is 4.28. The smallest absolute Gasteiger partial charge is 0.299 e. The summed E-state index contributed by atoms with van der Waals surface area (Å²) in [5.41, 5.74) is 1.86. The number of para-hydroxylation sites is 2. The number of hydrogen-bond acceptors (Lipinski definition) is 3. The van der Waals surface area contributed by atoms with E-state index in [1.54, 1.807) is 11.1 Å². The Morgan fingerprint density at radius 1 is 0.882 bits per heavy atom. The third kappa shape index (κ3) is 5.22. The lowest BCUT2D eigenvalue weighted by molar-refractivity contribution is -0.131. The summed E-state index contributed by atoms with van der Waals surface area (Å²) >= 11 is 0. The Morgan fingerprint density at radius 2 is 1.56 bits per heavy atom. The summed E-state index contributed by atoms with van der Waals surface area (Å²) in [6.07, 6.45) is 7.79. The van der Waals surface area contributed by atoms with E-state index in [-0.39, 0.29) is 12.5 Å². The fourth-order valence-corrected chi connectivity index (χ4v) is 4.63. The number of rotatable bonds is 8. The fourth-order valence-electron chi connectivity index (χ4n) is 4.63. The van der Waals surface area contributed by atoms with Crippen molar-refractivity contribution < 1.29 is 14.4 Å². The Morgan fingerprint density at radius 3 is 2.26 bits per heavy atom. The normalized spacial score (nSPS) is 14.1. The van der Waals surface area contributed by atoms with E-state index >= 15 is 0 Å². The van der Waals surface area contributed by atoms with Gasteiger partial charge in [-0.1, -0.05) is 62.6 Å². The lowest BCUT2D eigenvalue weighted by Gasteiger charge is -2.22. The van der Waals surface area contributed by atoms with Crippen LogP contribution in [-0.4, -0.2) is 46.7 Å². The fraction of sp³-hybridized carbons (Fsp3) is 0.393. The molecule has 0 radical (unpaired) electrons. The average Bonchev–Trinajstić information content (AvgIpc) is 3.03. The zero-order valence-corrected chi connectivity index (χ0v) is 19.9. The van der Waals surface area contributed by atoms with Gasteiger partial charge in [0.2, 0.25) is 5.91 Å². The Kier molecular flexibility index (Phi) is 7.78. The number of fused-ring (bicyclic) bond motifs is 1. The van der Waals surface area contributed by atoms with Crippen LogP contribution in [0.2, 0.25) is 0 Å². The zero-order chi connectivity index (χ0) is 23.9. The summed E-state index contributed by atoms with van der Waals surface area (Å²) in [7, 11) is 0. The number of carbonyl (C=O) groups excluding carboxylic acids is 3. The van der Waals surface area contributed by atoms with Gasteiger partial charge >= 0.3 is 0 Å². The molecule has 3 aromatic rings. The summed E-state index contributed by atoms with van der Waals surface area (Å²) in [6, 6.07) is 16.8. The molecule has 1 fully saturated rings. The molecule has 0 bridgehead atoms. The molecule has 0 atom stereocenters. The van der Waals surface area contributed by atoms with Crippen molar-refractivity contribution in [1.82, 2.24) is 9.47 Å². The second-order valence-corrected chi connectivity index (χ2v) is 8.96. The molecule has 6 heteroatoms. The second kappa shape index (κ2) is 11.1. The van der Waals surface area contributed by atoms with Crippen molar-refractivity contribution in [2.75, 3.05) is 24.5 Å². The van der Waals surface area contributed by atoms with E-state index in [0.29, 0.717) is 17.5 Å². The van der Waals surface area contributed by atoms with Gasteiger partial charge in [-0.3, -0.25) is 14.4 Å². The highest BCUT2D eigenvalue weighted by molar-refractivity contribution is 6.48. The molecule has 0 saturated carbocycles. The highest BCUT2D eigenvalue weighted by Crippen LogP contribution is 2.24. The minimum absolute atomic E-state index is 0.0573. The average molecular weight is 460 g/mol. The summed E-state index contributed by atoms with van der Waals surface area (Å²) in [5, 5.41) is 0.702. The molecule has 178 valence electrons. The maximum Gasteiger partial charge on any atom is 0.299 e. The van der Waals surface area contributed by atoms with Crippen LogP contribution >= 0.6 is 0 Å².